The number of H-pyrrole nitrogens is 1. The second-order valence-corrected chi connectivity index (χ2v) is 10.3. The fourth-order valence-corrected chi connectivity index (χ4v) is 5.40. The van der Waals surface area contributed by atoms with Crippen LogP contribution in [0.15, 0.2) is 58.5 Å². The van der Waals surface area contributed by atoms with Gasteiger partial charge < -0.3 is 0 Å². The van der Waals surface area contributed by atoms with E-state index in [0.717, 1.165) is 21.5 Å². The predicted molar refractivity (Wildman–Crippen MR) is 148 cm³/mol. The average molecular weight is 603 g/mol. The Bertz CT molecular complexity index is 2080. The first-order valence-corrected chi connectivity index (χ1v) is 12.8. The van der Waals surface area contributed by atoms with Crippen molar-refractivity contribution in [2.75, 3.05) is 0 Å². The summed E-state index contributed by atoms with van der Waals surface area (Å²) in [6, 6.07) is 8.82. The van der Waals surface area contributed by atoms with Gasteiger partial charge in [-0.1, -0.05) is 34.8 Å². The van der Waals surface area contributed by atoms with Crippen LogP contribution in [0.5, 0.6) is 0 Å². The summed E-state index contributed by atoms with van der Waals surface area (Å²) in [5.74, 6) is -2.16. The number of aromatic nitrogens is 7. The number of fused-ring (bicyclic) bond motifs is 2. The van der Waals surface area contributed by atoms with Crippen LogP contribution in [0.2, 0.25) is 15.1 Å². The highest BCUT2D eigenvalue weighted by Crippen LogP contribution is 2.35. The van der Waals surface area contributed by atoms with Crippen molar-refractivity contribution in [1.82, 2.24) is 34.1 Å². The third-order valence-electron chi connectivity index (χ3n) is 6.45. The molecule has 0 aliphatic rings. The van der Waals surface area contributed by atoms with Gasteiger partial charge in [-0.05, 0) is 47.5 Å². The first kappa shape index (κ1) is 26.2. The van der Waals surface area contributed by atoms with Crippen molar-refractivity contribution in [3.8, 4) is 11.1 Å². The molecular formula is C26H16Cl3F2N7O2. The van der Waals surface area contributed by atoms with Gasteiger partial charge >= 0.3 is 5.69 Å². The van der Waals surface area contributed by atoms with E-state index in [1.54, 1.807) is 37.5 Å². The summed E-state index contributed by atoms with van der Waals surface area (Å²) in [5.41, 5.74) is 0.760. The smallest absolute Gasteiger partial charge is 0.289 e. The van der Waals surface area contributed by atoms with E-state index in [1.165, 1.54) is 21.6 Å². The first-order chi connectivity index (χ1) is 19.1. The monoisotopic (exact) mass is 601 g/mol. The lowest BCUT2D eigenvalue weighted by Crippen LogP contribution is -2.41. The largest absolute Gasteiger partial charge is 0.332 e. The van der Waals surface area contributed by atoms with Crippen LogP contribution in [0.4, 0.5) is 8.78 Å². The van der Waals surface area contributed by atoms with Crippen LogP contribution in [0.25, 0.3) is 32.9 Å². The summed E-state index contributed by atoms with van der Waals surface area (Å²) in [7, 11) is 1.65. The molecule has 0 atom stereocenters. The minimum Gasteiger partial charge on any atom is -0.289 e. The van der Waals surface area contributed by atoms with Gasteiger partial charge in [-0.25, -0.2) is 18.6 Å². The van der Waals surface area contributed by atoms with Crippen molar-refractivity contribution in [2.45, 2.75) is 13.1 Å². The summed E-state index contributed by atoms with van der Waals surface area (Å²) in [4.78, 5) is 31.5. The van der Waals surface area contributed by atoms with Gasteiger partial charge in [0, 0.05) is 18.0 Å². The van der Waals surface area contributed by atoms with Crippen LogP contribution in [-0.2, 0) is 20.1 Å². The Labute approximate surface area is 238 Å². The molecule has 3 heterocycles. The van der Waals surface area contributed by atoms with Crippen LogP contribution in [0.3, 0.4) is 0 Å². The van der Waals surface area contributed by atoms with Crippen molar-refractivity contribution in [3.63, 3.8) is 0 Å². The summed E-state index contributed by atoms with van der Waals surface area (Å²) in [5, 5.41) is 11.8. The van der Waals surface area contributed by atoms with Crippen LogP contribution < -0.4 is 11.2 Å². The van der Waals surface area contributed by atoms with Crippen LogP contribution in [-0.4, -0.2) is 34.1 Å². The van der Waals surface area contributed by atoms with Gasteiger partial charge in [0.25, 0.3) is 5.56 Å². The molecule has 3 aromatic heterocycles. The number of halogens is 5. The normalized spacial score (nSPS) is 11.7. The maximum absolute atomic E-state index is 14.2. The number of aromatic amines is 1. The van der Waals surface area contributed by atoms with Crippen molar-refractivity contribution in [1.29, 1.82) is 0 Å². The Kier molecular flexibility index (Phi) is 6.44. The van der Waals surface area contributed by atoms with Gasteiger partial charge in [0.1, 0.15) is 6.33 Å². The molecule has 0 radical (unpaired) electrons. The summed E-state index contributed by atoms with van der Waals surface area (Å²) < 4.78 is 31.7. The molecule has 202 valence electrons. The second kappa shape index (κ2) is 9.84. The lowest BCUT2D eigenvalue weighted by molar-refractivity contribution is 0.506. The molecule has 9 nitrogen and oxygen atoms in total. The third-order valence-corrected chi connectivity index (χ3v) is 7.34. The van der Waals surface area contributed by atoms with E-state index >= 15 is 0 Å². The standard InChI is InChI=1S/C26H16Cl3F2N7O2/c1-36-11-32-22(35-36)10-38-25(39)23-17(28)5-13(15-4-14-8-33-34-20(14)7-16(15)27)6-21(23)37(26(38)40)9-12-2-18(29)24(31)19(30)3-12/h2-8,11H,9-10H2,1H3,(H,33,34). The Hall–Kier alpha value is -4.06. The molecule has 0 fully saturated rings. The zero-order valence-electron chi connectivity index (χ0n) is 20.4. The van der Waals surface area contributed by atoms with Gasteiger partial charge in [0.15, 0.2) is 17.5 Å². The molecule has 0 bridgehead atoms. The van der Waals surface area contributed by atoms with Gasteiger partial charge in [-0.3, -0.25) is 23.7 Å². The van der Waals surface area contributed by atoms with E-state index in [9.17, 15) is 18.4 Å². The molecule has 14 heteroatoms. The fourth-order valence-electron chi connectivity index (χ4n) is 4.60. The summed E-state index contributed by atoms with van der Waals surface area (Å²) >= 11 is 19.1. The summed E-state index contributed by atoms with van der Waals surface area (Å²) in [6.07, 6.45) is 3.06. The highest BCUT2D eigenvalue weighted by molar-refractivity contribution is 6.36. The highest BCUT2D eigenvalue weighted by Gasteiger charge is 2.21. The Morgan fingerprint density at radius 2 is 1.73 bits per heavy atom. The first-order valence-electron chi connectivity index (χ1n) is 11.7. The van der Waals surface area contributed by atoms with Crippen molar-refractivity contribution in [2.24, 2.45) is 7.05 Å². The molecule has 0 aliphatic carbocycles. The molecule has 3 aromatic carbocycles. The number of aryl methyl sites for hydroxylation is 1. The molecular weight excluding hydrogens is 587 g/mol. The number of nitrogens with zero attached hydrogens (tertiary/aromatic N) is 6. The van der Waals surface area contributed by atoms with Crippen LogP contribution in [0.1, 0.15) is 11.4 Å². The lowest BCUT2D eigenvalue weighted by atomic mass is 10.0. The van der Waals surface area contributed by atoms with Crippen molar-refractivity contribution >= 4 is 56.6 Å². The van der Waals surface area contributed by atoms with Crippen LogP contribution >= 0.6 is 34.8 Å². The molecule has 0 saturated heterocycles. The fraction of sp³-hybridized carbons (Fsp3) is 0.115. The SMILES string of the molecule is Cn1cnc(Cn2c(=O)c3c(Cl)cc(-c4cc5cn[nH]c5cc4Cl)cc3n(Cc3cc(F)c(F)c(Cl)c3)c2=O)n1. The van der Waals surface area contributed by atoms with E-state index < -0.39 is 27.9 Å². The topological polar surface area (TPSA) is 103 Å². The molecule has 0 unspecified atom stereocenters. The van der Waals surface area contributed by atoms with E-state index in [2.05, 4.69) is 20.3 Å². The Morgan fingerprint density at radius 1 is 0.925 bits per heavy atom. The zero-order chi connectivity index (χ0) is 28.3. The molecule has 40 heavy (non-hydrogen) atoms. The van der Waals surface area contributed by atoms with Gasteiger partial charge in [0.05, 0.1) is 50.8 Å². The number of hydrogen-bond acceptors (Lipinski definition) is 5. The molecule has 0 aliphatic heterocycles. The van der Waals surface area contributed by atoms with Gasteiger partial charge in [-0.15, -0.1) is 0 Å². The number of rotatable bonds is 5. The van der Waals surface area contributed by atoms with Crippen LogP contribution in [0, 0.1) is 11.6 Å². The van der Waals surface area contributed by atoms with E-state index in [0.29, 0.717) is 16.1 Å². The molecule has 0 spiro atoms. The maximum atomic E-state index is 14.2. The van der Waals surface area contributed by atoms with Crippen molar-refractivity contribution in [3.05, 3.63) is 108 Å². The summed E-state index contributed by atoms with van der Waals surface area (Å²) in [6.45, 7) is -0.496. The zero-order valence-corrected chi connectivity index (χ0v) is 22.7. The second-order valence-electron chi connectivity index (χ2n) is 9.11. The quantitative estimate of drug-likeness (QED) is 0.274. The molecule has 1 N–H and O–H groups in total. The molecule has 0 saturated carbocycles. The Balaban J connectivity index is 1.63. The van der Waals surface area contributed by atoms with E-state index in [4.69, 9.17) is 34.8 Å². The molecule has 6 aromatic rings. The number of hydrogen-bond donors (Lipinski definition) is 1. The molecule has 6 rings (SSSR count). The third kappa shape index (κ3) is 4.45. The maximum Gasteiger partial charge on any atom is 0.332 e. The highest BCUT2D eigenvalue weighted by atomic mass is 35.5. The number of nitrogens with one attached hydrogen (secondary N) is 1. The van der Waals surface area contributed by atoms with Gasteiger partial charge in [0.2, 0.25) is 0 Å². The minimum atomic E-state index is -1.21. The van der Waals surface area contributed by atoms with E-state index in [1.807, 2.05) is 0 Å². The predicted octanol–water partition coefficient (Wildman–Crippen LogP) is 5.17. The van der Waals surface area contributed by atoms with Gasteiger partial charge in [-0.2, -0.15) is 10.2 Å². The van der Waals surface area contributed by atoms with E-state index in [-0.39, 0.29) is 40.4 Å². The number of benzene rings is 3. The lowest BCUT2D eigenvalue weighted by Gasteiger charge is -2.16. The van der Waals surface area contributed by atoms with Crippen molar-refractivity contribution < 1.29 is 8.78 Å². The Morgan fingerprint density at radius 3 is 2.45 bits per heavy atom. The molecule has 0 amide bonds. The average Bonchev–Trinajstić information content (AvgIpc) is 3.54. The minimum absolute atomic E-state index is 0.0372.